The van der Waals surface area contributed by atoms with Gasteiger partial charge in [-0.2, -0.15) is 0 Å². The van der Waals surface area contributed by atoms with Crippen LogP contribution < -0.4 is 0 Å². The highest BCUT2D eigenvalue weighted by atomic mass is 19.1. The van der Waals surface area contributed by atoms with Crippen molar-refractivity contribution < 1.29 is 13.9 Å². The SMILES string of the molecule is Oc1ccc(CF)c(CF)c1. The molecule has 0 heterocycles. The first-order chi connectivity index (χ1) is 5.27. The summed E-state index contributed by atoms with van der Waals surface area (Å²) in [6, 6.07) is 3.95. The van der Waals surface area contributed by atoms with Gasteiger partial charge in [0.05, 0.1) is 0 Å². The van der Waals surface area contributed by atoms with Crippen LogP contribution in [0, 0.1) is 0 Å². The van der Waals surface area contributed by atoms with Gasteiger partial charge in [-0.05, 0) is 23.3 Å². The molecule has 0 aliphatic rings. The second-order valence-electron chi connectivity index (χ2n) is 2.22. The third kappa shape index (κ3) is 1.67. The molecule has 1 aromatic carbocycles. The molecule has 0 atom stereocenters. The Kier molecular flexibility index (Phi) is 2.41. The molecule has 0 amide bonds. The van der Waals surface area contributed by atoms with Crippen LogP contribution in [0.2, 0.25) is 0 Å². The van der Waals surface area contributed by atoms with Gasteiger partial charge in [-0.3, -0.25) is 0 Å². The molecule has 1 nitrogen and oxygen atoms in total. The summed E-state index contributed by atoms with van der Waals surface area (Å²) in [5.74, 6) is -0.0325. The van der Waals surface area contributed by atoms with Crippen molar-refractivity contribution in [3.8, 4) is 5.75 Å². The van der Waals surface area contributed by atoms with E-state index in [9.17, 15) is 8.78 Å². The number of alkyl halides is 2. The molecule has 1 N–H and O–H groups in total. The molecular formula is C8H8F2O. The van der Waals surface area contributed by atoms with E-state index in [1.165, 1.54) is 18.2 Å². The Morgan fingerprint density at radius 3 is 2.27 bits per heavy atom. The highest BCUT2D eigenvalue weighted by Gasteiger charge is 2.01. The lowest BCUT2D eigenvalue weighted by Crippen LogP contribution is -1.87. The van der Waals surface area contributed by atoms with E-state index in [1.54, 1.807) is 0 Å². The average Bonchev–Trinajstić information content (AvgIpc) is 2.04. The topological polar surface area (TPSA) is 20.2 Å². The Balaban J connectivity index is 3.06. The van der Waals surface area contributed by atoms with Crippen molar-refractivity contribution in [3.63, 3.8) is 0 Å². The van der Waals surface area contributed by atoms with E-state index in [-0.39, 0.29) is 11.3 Å². The lowest BCUT2D eigenvalue weighted by Gasteiger charge is -2.01. The molecule has 60 valence electrons. The van der Waals surface area contributed by atoms with Crippen LogP contribution in [-0.4, -0.2) is 5.11 Å². The molecule has 0 unspecified atom stereocenters. The molecule has 1 rings (SSSR count). The molecule has 1 aromatic rings. The van der Waals surface area contributed by atoms with Crippen molar-refractivity contribution in [2.45, 2.75) is 13.3 Å². The van der Waals surface area contributed by atoms with Crippen LogP contribution in [0.3, 0.4) is 0 Å². The van der Waals surface area contributed by atoms with Crippen molar-refractivity contribution in [2.24, 2.45) is 0 Å². The lowest BCUT2D eigenvalue weighted by atomic mass is 10.1. The van der Waals surface area contributed by atoms with Crippen LogP contribution in [0.5, 0.6) is 5.75 Å². The van der Waals surface area contributed by atoms with Crippen molar-refractivity contribution >= 4 is 0 Å². The van der Waals surface area contributed by atoms with Crippen molar-refractivity contribution in [1.29, 1.82) is 0 Å². The molecule has 0 saturated heterocycles. The Morgan fingerprint density at radius 1 is 1.09 bits per heavy atom. The number of halogens is 2. The van der Waals surface area contributed by atoms with Crippen LogP contribution in [-0.2, 0) is 13.3 Å². The number of hydrogen-bond acceptors (Lipinski definition) is 1. The van der Waals surface area contributed by atoms with Gasteiger partial charge >= 0.3 is 0 Å². The Bertz CT molecular complexity index is 248. The molecule has 11 heavy (non-hydrogen) atoms. The van der Waals surface area contributed by atoms with Gasteiger partial charge in [0.25, 0.3) is 0 Å². The highest BCUT2D eigenvalue weighted by molar-refractivity contribution is 5.33. The van der Waals surface area contributed by atoms with Crippen molar-refractivity contribution in [1.82, 2.24) is 0 Å². The molecular weight excluding hydrogens is 150 g/mol. The largest absolute Gasteiger partial charge is 0.508 e. The average molecular weight is 158 g/mol. The maximum Gasteiger partial charge on any atom is 0.115 e. The third-order valence-electron chi connectivity index (χ3n) is 1.48. The van der Waals surface area contributed by atoms with Gasteiger partial charge in [-0.1, -0.05) is 6.07 Å². The lowest BCUT2D eigenvalue weighted by molar-refractivity contribution is 0.444. The molecule has 0 bridgehead atoms. The Morgan fingerprint density at radius 2 is 1.73 bits per heavy atom. The highest BCUT2D eigenvalue weighted by Crippen LogP contribution is 2.18. The summed E-state index contributed by atoms with van der Waals surface area (Å²) in [6.45, 7) is -1.44. The Labute approximate surface area is 63.3 Å². The summed E-state index contributed by atoms with van der Waals surface area (Å²) >= 11 is 0. The van der Waals surface area contributed by atoms with E-state index in [1.807, 2.05) is 0 Å². The normalized spacial score (nSPS) is 10.0. The van der Waals surface area contributed by atoms with Crippen molar-refractivity contribution in [2.75, 3.05) is 0 Å². The van der Waals surface area contributed by atoms with Crippen LogP contribution in [0.1, 0.15) is 11.1 Å². The fraction of sp³-hybridized carbons (Fsp3) is 0.250. The van der Waals surface area contributed by atoms with Gasteiger partial charge in [-0.25, -0.2) is 8.78 Å². The summed E-state index contributed by atoms with van der Waals surface area (Å²) in [5, 5.41) is 8.88. The number of benzene rings is 1. The monoisotopic (exact) mass is 158 g/mol. The molecule has 3 heteroatoms. The number of phenols is 1. The summed E-state index contributed by atoms with van der Waals surface area (Å²) in [4.78, 5) is 0. The maximum atomic E-state index is 12.1. The van der Waals surface area contributed by atoms with Gasteiger partial charge in [0.2, 0.25) is 0 Å². The summed E-state index contributed by atoms with van der Waals surface area (Å²) < 4.78 is 24.1. The zero-order valence-electron chi connectivity index (χ0n) is 5.85. The van der Waals surface area contributed by atoms with Gasteiger partial charge in [-0.15, -0.1) is 0 Å². The minimum Gasteiger partial charge on any atom is -0.508 e. The Hall–Kier alpha value is -1.12. The second kappa shape index (κ2) is 3.32. The van der Waals surface area contributed by atoms with E-state index < -0.39 is 13.3 Å². The van der Waals surface area contributed by atoms with Crippen LogP contribution in [0.25, 0.3) is 0 Å². The summed E-state index contributed by atoms with van der Waals surface area (Å²) in [7, 11) is 0. The first-order valence-electron chi connectivity index (χ1n) is 3.20. The van der Waals surface area contributed by atoms with Gasteiger partial charge in [0.1, 0.15) is 19.1 Å². The van der Waals surface area contributed by atoms with Gasteiger partial charge in [0.15, 0.2) is 0 Å². The molecule has 0 fully saturated rings. The minimum absolute atomic E-state index is 0.0325. The van der Waals surface area contributed by atoms with E-state index in [0.29, 0.717) is 5.56 Å². The van der Waals surface area contributed by atoms with Crippen LogP contribution >= 0.6 is 0 Å². The number of phenolic OH excluding ortho intramolecular Hbond substituents is 1. The predicted molar refractivity (Wildman–Crippen MR) is 37.7 cm³/mol. The zero-order chi connectivity index (χ0) is 8.27. The van der Waals surface area contributed by atoms with E-state index in [4.69, 9.17) is 5.11 Å². The zero-order valence-corrected chi connectivity index (χ0v) is 5.85. The van der Waals surface area contributed by atoms with Crippen molar-refractivity contribution in [3.05, 3.63) is 29.3 Å². The van der Waals surface area contributed by atoms with E-state index in [0.717, 1.165) is 0 Å². The fourth-order valence-corrected chi connectivity index (χ4v) is 0.867. The number of hydrogen-bond donors (Lipinski definition) is 1. The predicted octanol–water partition coefficient (Wildman–Crippen LogP) is 2.33. The minimum atomic E-state index is -0.742. The quantitative estimate of drug-likeness (QED) is 0.700. The molecule has 0 spiro atoms. The van der Waals surface area contributed by atoms with Crippen LogP contribution in [0.15, 0.2) is 18.2 Å². The first kappa shape index (κ1) is 7.98. The molecule has 0 aromatic heterocycles. The van der Waals surface area contributed by atoms with E-state index >= 15 is 0 Å². The second-order valence-corrected chi connectivity index (χ2v) is 2.22. The number of rotatable bonds is 2. The number of aromatic hydroxyl groups is 1. The standard InChI is InChI=1S/C8H8F2O/c9-4-6-1-2-8(11)3-7(6)5-10/h1-3,11H,4-5H2. The first-order valence-corrected chi connectivity index (χ1v) is 3.20. The molecule has 0 aliphatic heterocycles. The summed E-state index contributed by atoms with van der Waals surface area (Å²) in [5.41, 5.74) is 0.512. The molecule has 0 radical (unpaired) electrons. The van der Waals surface area contributed by atoms with Gasteiger partial charge in [0, 0.05) is 0 Å². The molecule has 0 aliphatic carbocycles. The third-order valence-corrected chi connectivity index (χ3v) is 1.48. The van der Waals surface area contributed by atoms with Gasteiger partial charge < -0.3 is 5.11 Å². The smallest absolute Gasteiger partial charge is 0.115 e. The fourth-order valence-electron chi connectivity index (χ4n) is 0.867. The maximum absolute atomic E-state index is 12.1. The van der Waals surface area contributed by atoms with Crippen LogP contribution in [0.4, 0.5) is 8.78 Å². The van der Waals surface area contributed by atoms with E-state index in [2.05, 4.69) is 0 Å². The summed E-state index contributed by atoms with van der Waals surface area (Å²) in [6.07, 6.45) is 0. The molecule has 0 saturated carbocycles.